The molecule has 1 fully saturated rings. The van der Waals surface area contributed by atoms with E-state index in [0.717, 1.165) is 30.6 Å². The molecule has 1 aliphatic carbocycles. The number of carbonyl (C=O) groups is 3. The highest BCUT2D eigenvalue weighted by Crippen LogP contribution is 2.39. The number of carbonyl (C=O) groups excluding carboxylic acids is 3. The van der Waals surface area contributed by atoms with E-state index >= 15 is 0 Å². The summed E-state index contributed by atoms with van der Waals surface area (Å²) in [5.74, 6) is 0.0510. The number of hydrogen-bond acceptors (Lipinski definition) is 6. The van der Waals surface area contributed by atoms with E-state index in [1.165, 1.54) is 6.92 Å². The molecule has 0 aromatic heterocycles. The Hall–Kier alpha value is -3.35. The number of Topliss-reactive ketones (excluding diaryl/α,β-unsaturated/α-hetero) is 1. The van der Waals surface area contributed by atoms with Crippen molar-refractivity contribution in [2.45, 2.75) is 51.2 Å². The first kappa shape index (κ1) is 20.9. The molecule has 1 heterocycles. The summed E-state index contributed by atoms with van der Waals surface area (Å²) in [5, 5.41) is 0. The summed E-state index contributed by atoms with van der Waals surface area (Å²) in [5.41, 5.74) is 7.31. The van der Waals surface area contributed by atoms with Crippen molar-refractivity contribution in [2.75, 3.05) is 12.8 Å². The zero-order valence-electron chi connectivity index (χ0n) is 17.7. The van der Waals surface area contributed by atoms with Gasteiger partial charge in [-0.25, -0.2) is 0 Å². The van der Waals surface area contributed by atoms with Gasteiger partial charge in [0.25, 0.3) is 11.8 Å². The Balaban J connectivity index is 1.73. The molecule has 4 rings (SSSR count). The number of methoxy groups -OCH3 is 1. The third-order valence-electron chi connectivity index (χ3n) is 5.94. The lowest BCUT2D eigenvalue weighted by Gasteiger charge is -2.27. The van der Waals surface area contributed by atoms with E-state index in [0.29, 0.717) is 17.1 Å². The predicted molar refractivity (Wildman–Crippen MR) is 115 cm³/mol. The molecule has 1 atom stereocenters. The molecule has 1 aliphatic heterocycles. The molecular weight excluding hydrogens is 396 g/mol. The standard InChI is InChI=1S/C24H26N2O5/c1-14(27)12-19(26-23(28)17-8-5-9-18(25)22(17)24(26)29)15-10-11-20(30-2)21(13-15)31-16-6-3-4-7-16/h5,8-11,13,16,19H,3-4,6-7,12,25H2,1-2H3. The van der Waals surface area contributed by atoms with Crippen molar-refractivity contribution in [1.29, 1.82) is 0 Å². The molecule has 1 unspecified atom stereocenters. The van der Waals surface area contributed by atoms with Crippen LogP contribution in [0.3, 0.4) is 0 Å². The number of rotatable bonds is 7. The van der Waals surface area contributed by atoms with Crippen molar-refractivity contribution in [2.24, 2.45) is 0 Å². The first-order valence-corrected chi connectivity index (χ1v) is 10.5. The number of imide groups is 1. The molecule has 0 spiro atoms. The Bertz CT molecular complexity index is 1040. The lowest BCUT2D eigenvalue weighted by Crippen LogP contribution is -2.35. The van der Waals surface area contributed by atoms with Crippen LogP contribution in [-0.2, 0) is 4.79 Å². The summed E-state index contributed by atoms with van der Waals surface area (Å²) in [6.45, 7) is 1.44. The highest BCUT2D eigenvalue weighted by Gasteiger charge is 2.42. The lowest BCUT2D eigenvalue weighted by atomic mass is 9.99. The molecule has 2 amide bonds. The van der Waals surface area contributed by atoms with E-state index in [1.54, 1.807) is 43.5 Å². The first-order chi connectivity index (χ1) is 14.9. The van der Waals surface area contributed by atoms with Crippen molar-refractivity contribution in [3.63, 3.8) is 0 Å². The monoisotopic (exact) mass is 422 g/mol. The molecule has 31 heavy (non-hydrogen) atoms. The summed E-state index contributed by atoms with van der Waals surface area (Å²) >= 11 is 0. The highest BCUT2D eigenvalue weighted by atomic mass is 16.5. The highest BCUT2D eigenvalue weighted by molar-refractivity contribution is 6.23. The van der Waals surface area contributed by atoms with Crippen molar-refractivity contribution in [3.05, 3.63) is 53.1 Å². The smallest absolute Gasteiger partial charge is 0.264 e. The second kappa shape index (κ2) is 8.41. The third kappa shape index (κ3) is 3.87. The molecule has 1 saturated carbocycles. The van der Waals surface area contributed by atoms with Crippen LogP contribution in [0.4, 0.5) is 5.69 Å². The number of ether oxygens (including phenoxy) is 2. The number of nitrogens with zero attached hydrogens (tertiary/aromatic N) is 1. The van der Waals surface area contributed by atoms with E-state index in [4.69, 9.17) is 15.2 Å². The second-order valence-corrected chi connectivity index (χ2v) is 8.11. The van der Waals surface area contributed by atoms with Crippen molar-refractivity contribution >= 4 is 23.3 Å². The zero-order chi connectivity index (χ0) is 22.1. The summed E-state index contributed by atoms with van der Waals surface area (Å²) in [4.78, 5) is 39.5. The Morgan fingerprint density at radius 3 is 2.52 bits per heavy atom. The average molecular weight is 422 g/mol. The minimum atomic E-state index is -0.763. The number of hydrogen-bond donors (Lipinski definition) is 1. The molecular formula is C24H26N2O5. The van der Waals surface area contributed by atoms with Crippen molar-refractivity contribution in [1.82, 2.24) is 4.90 Å². The topological polar surface area (TPSA) is 98.9 Å². The summed E-state index contributed by atoms with van der Waals surface area (Å²) in [6.07, 6.45) is 4.30. The fourth-order valence-corrected chi connectivity index (χ4v) is 4.42. The van der Waals surface area contributed by atoms with Gasteiger partial charge in [-0.2, -0.15) is 0 Å². The summed E-state index contributed by atoms with van der Waals surface area (Å²) in [7, 11) is 1.57. The van der Waals surface area contributed by atoms with Gasteiger partial charge >= 0.3 is 0 Å². The number of fused-ring (bicyclic) bond motifs is 1. The van der Waals surface area contributed by atoms with Gasteiger partial charge in [-0.15, -0.1) is 0 Å². The Morgan fingerprint density at radius 2 is 1.87 bits per heavy atom. The zero-order valence-corrected chi connectivity index (χ0v) is 17.7. The molecule has 0 radical (unpaired) electrons. The van der Waals surface area contributed by atoms with Crippen LogP contribution in [0.25, 0.3) is 0 Å². The average Bonchev–Trinajstić information content (AvgIpc) is 3.33. The van der Waals surface area contributed by atoms with E-state index in [-0.39, 0.29) is 35.1 Å². The second-order valence-electron chi connectivity index (χ2n) is 8.11. The molecule has 7 heteroatoms. The van der Waals surface area contributed by atoms with E-state index < -0.39 is 17.9 Å². The van der Waals surface area contributed by atoms with Crippen LogP contribution < -0.4 is 15.2 Å². The molecule has 2 aromatic rings. The van der Waals surface area contributed by atoms with Gasteiger partial charge in [0.05, 0.1) is 30.4 Å². The molecule has 7 nitrogen and oxygen atoms in total. The van der Waals surface area contributed by atoms with Gasteiger partial charge in [-0.05, 0) is 62.4 Å². The van der Waals surface area contributed by atoms with Crippen LogP contribution in [0.5, 0.6) is 11.5 Å². The van der Waals surface area contributed by atoms with Crippen LogP contribution in [0.15, 0.2) is 36.4 Å². The lowest BCUT2D eigenvalue weighted by molar-refractivity contribution is -0.117. The van der Waals surface area contributed by atoms with E-state index in [9.17, 15) is 14.4 Å². The normalized spacial score (nSPS) is 17.0. The SMILES string of the molecule is COc1ccc(C(CC(C)=O)N2C(=O)c3cccc(N)c3C2=O)cc1OC1CCCC1. The molecule has 2 aliphatic rings. The van der Waals surface area contributed by atoms with Crippen LogP contribution in [0, 0.1) is 0 Å². The minimum absolute atomic E-state index is 0.000566. The van der Waals surface area contributed by atoms with Gasteiger partial charge in [0.2, 0.25) is 0 Å². The van der Waals surface area contributed by atoms with Gasteiger partial charge < -0.3 is 15.2 Å². The predicted octanol–water partition coefficient (Wildman–Crippen LogP) is 3.92. The van der Waals surface area contributed by atoms with Gasteiger partial charge in [0, 0.05) is 12.1 Å². The summed E-state index contributed by atoms with van der Waals surface area (Å²) in [6, 6.07) is 9.34. The Kier molecular flexibility index (Phi) is 5.67. The quantitative estimate of drug-likeness (QED) is 0.536. The van der Waals surface area contributed by atoms with E-state index in [2.05, 4.69) is 0 Å². The van der Waals surface area contributed by atoms with Crippen LogP contribution in [0.1, 0.15) is 71.3 Å². The largest absolute Gasteiger partial charge is 0.493 e. The molecule has 0 saturated heterocycles. The van der Waals surface area contributed by atoms with Gasteiger partial charge in [0.15, 0.2) is 11.5 Å². The number of ketones is 1. The van der Waals surface area contributed by atoms with Crippen LogP contribution >= 0.6 is 0 Å². The maximum atomic E-state index is 13.2. The Labute approximate surface area is 181 Å². The first-order valence-electron chi connectivity index (χ1n) is 10.5. The third-order valence-corrected chi connectivity index (χ3v) is 5.94. The maximum Gasteiger partial charge on any atom is 0.264 e. The Morgan fingerprint density at radius 1 is 1.13 bits per heavy atom. The van der Waals surface area contributed by atoms with Gasteiger partial charge in [0.1, 0.15) is 5.78 Å². The van der Waals surface area contributed by atoms with Gasteiger partial charge in [-0.1, -0.05) is 12.1 Å². The number of nitrogen functional groups attached to an aromatic ring is 1. The fourth-order valence-electron chi connectivity index (χ4n) is 4.42. The fraction of sp³-hybridized carbons (Fsp3) is 0.375. The number of anilines is 1. The maximum absolute atomic E-state index is 13.2. The number of benzene rings is 2. The number of nitrogens with two attached hydrogens (primary N) is 1. The molecule has 0 bridgehead atoms. The van der Waals surface area contributed by atoms with Crippen molar-refractivity contribution in [3.8, 4) is 11.5 Å². The molecule has 2 N–H and O–H groups in total. The molecule has 162 valence electrons. The van der Waals surface area contributed by atoms with Gasteiger partial charge in [-0.3, -0.25) is 19.3 Å². The minimum Gasteiger partial charge on any atom is -0.493 e. The van der Waals surface area contributed by atoms with Crippen LogP contribution in [0.2, 0.25) is 0 Å². The number of amides is 2. The summed E-state index contributed by atoms with van der Waals surface area (Å²) < 4.78 is 11.6. The van der Waals surface area contributed by atoms with Crippen molar-refractivity contribution < 1.29 is 23.9 Å². The van der Waals surface area contributed by atoms with E-state index in [1.807, 2.05) is 0 Å². The van der Waals surface area contributed by atoms with Crippen LogP contribution in [-0.4, -0.2) is 35.7 Å². The molecule has 2 aromatic carbocycles.